The van der Waals surface area contributed by atoms with E-state index >= 15 is 0 Å². The molecule has 2 aliphatic carbocycles. The first-order chi connectivity index (χ1) is 30.4. The van der Waals surface area contributed by atoms with E-state index < -0.39 is 29.7 Å². The number of methoxy groups -OCH3 is 1. The van der Waals surface area contributed by atoms with Crippen molar-refractivity contribution >= 4 is 35.4 Å². The van der Waals surface area contributed by atoms with Crippen molar-refractivity contribution in [2.75, 3.05) is 38.2 Å². The quantitative estimate of drug-likeness (QED) is 0.215. The lowest BCUT2D eigenvalue weighted by molar-refractivity contribution is -0.164. The molecule has 338 valence electrons. The van der Waals surface area contributed by atoms with Gasteiger partial charge in [-0.05, 0) is 74.9 Å². The molecule has 2 N–H and O–H groups in total. The number of nitriles is 1. The van der Waals surface area contributed by atoms with Crippen LogP contribution in [0, 0.1) is 41.9 Å². The molecule has 16 nitrogen and oxygen atoms in total. The summed E-state index contributed by atoms with van der Waals surface area (Å²) in [6.45, 7) is 18.0. The van der Waals surface area contributed by atoms with Crippen LogP contribution in [0.1, 0.15) is 121 Å². The van der Waals surface area contributed by atoms with Crippen LogP contribution < -0.4 is 29.7 Å². The molecule has 16 heteroatoms. The predicted octanol–water partition coefficient (Wildman–Crippen LogP) is 5.14. The number of benzene rings is 2. The summed E-state index contributed by atoms with van der Waals surface area (Å²) < 4.78 is 18.4. The zero-order valence-corrected chi connectivity index (χ0v) is 37.9. The fourth-order valence-corrected chi connectivity index (χ4v) is 11.0. The summed E-state index contributed by atoms with van der Waals surface area (Å²) in [4.78, 5) is 79.5. The number of anilines is 1. The van der Waals surface area contributed by atoms with Gasteiger partial charge in [-0.25, -0.2) is 9.97 Å². The van der Waals surface area contributed by atoms with E-state index in [2.05, 4.69) is 71.1 Å². The van der Waals surface area contributed by atoms with Crippen molar-refractivity contribution in [1.82, 2.24) is 30.4 Å². The second-order valence-electron chi connectivity index (χ2n) is 19.2. The monoisotopic (exact) mass is 874 g/mol. The number of hydrogen-bond donors (Lipinski definition) is 2. The van der Waals surface area contributed by atoms with Gasteiger partial charge in [0.2, 0.25) is 11.8 Å². The number of aromatic nitrogens is 2. The molecule has 5 aliphatic rings. The maximum atomic E-state index is 13.5. The number of aryl methyl sites for hydroxylation is 2. The van der Waals surface area contributed by atoms with E-state index in [0.717, 1.165) is 79.5 Å². The maximum absolute atomic E-state index is 13.5. The second kappa shape index (κ2) is 17.1. The first kappa shape index (κ1) is 44.5. The lowest BCUT2D eigenvalue weighted by Crippen LogP contribution is -2.74. The lowest BCUT2D eigenvalue weighted by Gasteiger charge is -2.63. The van der Waals surface area contributed by atoms with Crippen molar-refractivity contribution in [3.63, 3.8) is 0 Å². The Bertz CT molecular complexity index is 2380. The summed E-state index contributed by atoms with van der Waals surface area (Å²) in [5, 5.41) is 14.9. The number of rotatable bonds is 13. The highest BCUT2D eigenvalue weighted by atomic mass is 16.5. The third-order valence-electron chi connectivity index (χ3n) is 14.3. The number of piperidine rings is 2. The van der Waals surface area contributed by atoms with Crippen molar-refractivity contribution in [3.05, 3.63) is 70.2 Å². The van der Waals surface area contributed by atoms with E-state index in [1.54, 1.807) is 24.5 Å². The zero-order valence-electron chi connectivity index (χ0n) is 37.9. The summed E-state index contributed by atoms with van der Waals surface area (Å²) in [7, 11) is 1.42. The fraction of sp³-hybridized carbons (Fsp3) is 0.542. The van der Waals surface area contributed by atoms with Crippen molar-refractivity contribution in [2.45, 2.75) is 117 Å². The molecule has 1 aromatic heterocycles. The lowest BCUT2D eigenvalue weighted by atomic mass is 9.49. The molecule has 2 aromatic carbocycles. The SMILES string of the molecule is CCN(CC1CCN(c2cnc(C(=O)NC3C(C)(C)C(Oc4cc(C)c(C#N)c(C)c4)C3(C)C)cn2)CC1)C1CC(Oc2cc(OC)c3c(c2)C(=O)N(C2CCC(=O)NC2=O)C3=O)C1. The molecule has 4 fully saturated rings. The van der Waals surface area contributed by atoms with Crippen molar-refractivity contribution in [2.24, 2.45) is 16.7 Å². The van der Waals surface area contributed by atoms with Crippen LogP contribution in [0.4, 0.5) is 5.82 Å². The highest BCUT2D eigenvalue weighted by Gasteiger charge is 2.64. The van der Waals surface area contributed by atoms with Gasteiger partial charge < -0.3 is 29.3 Å². The van der Waals surface area contributed by atoms with Crippen LogP contribution in [0.5, 0.6) is 17.2 Å². The van der Waals surface area contributed by atoms with Crippen LogP contribution in [-0.2, 0) is 9.59 Å². The van der Waals surface area contributed by atoms with Crippen molar-refractivity contribution in [1.29, 1.82) is 5.26 Å². The van der Waals surface area contributed by atoms with Gasteiger partial charge in [0.15, 0.2) is 0 Å². The van der Waals surface area contributed by atoms with Crippen LogP contribution in [0.3, 0.4) is 0 Å². The van der Waals surface area contributed by atoms with Gasteiger partial charge in [-0.15, -0.1) is 0 Å². The molecule has 3 aliphatic heterocycles. The molecule has 3 aromatic rings. The Morgan fingerprint density at radius 3 is 2.20 bits per heavy atom. The number of fused-ring (bicyclic) bond motifs is 1. The Morgan fingerprint density at radius 2 is 1.61 bits per heavy atom. The van der Waals surface area contributed by atoms with E-state index in [9.17, 15) is 29.2 Å². The highest BCUT2D eigenvalue weighted by Crippen LogP contribution is 2.55. The number of ether oxygens (including phenoxy) is 3. The highest BCUT2D eigenvalue weighted by molar-refractivity contribution is 6.24. The molecule has 64 heavy (non-hydrogen) atoms. The minimum atomic E-state index is -1.06. The molecule has 0 radical (unpaired) electrons. The molecule has 2 saturated carbocycles. The number of nitrogens with zero attached hydrogens (tertiary/aromatic N) is 6. The summed E-state index contributed by atoms with van der Waals surface area (Å²) in [5.74, 6) is 0.0248. The van der Waals surface area contributed by atoms with Gasteiger partial charge in [0.05, 0.1) is 42.3 Å². The number of amides is 5. The summed E-state index contributed by atoms with van der Waals surface area (Å²) in [6.07, 6.45) is 6.77. The molecule has 0 spiro atoms. The average molecular weight is 875 g/mol. The van der Waals surface area contributed by atoms with Crippen molar-refractivity contribution in [3.8, 4) is 23.3 Å². The van der Waals surface area contributed by atoms with Crippen LogP contribution in [-0.4, -0.2) is 113 Å². The Balaban J connectivity index is 0.800. The smallest absolute Gasteiger partial charge is 0.271 e. The van der Waals surface area contributed by atoms with Gasteiger partial charge in [0.25, 0.3) is 17.7 Å². The molecule has 8 rings (SSSR count). The Kier molecular flexibility index (Phi) is 11.9. The van der Waals surface area contributed by atoms with Gasteiger partial charge in [-0.1, -0.05) is 34.6 Å². The zero-order chi connectivity index (χ0) is 45.8. The minimum Gasteiger partial charge on any atom is -0.496 e. The average Bonchev–Trinajstić information content (AvgIpc) is 3.50. The van der Waals surface area contributed by atoms with E-state index in [0.29, 0.717) is 23.3 Å². The first-order valence-corrected chi connectivity index (χ1v) is 22.3. The molecule has 4 heterocycles. The largest absolute Gasteiger partial charge is 0.496 e. The van der Waals surface area contributed by atoms with E-state index in [1.165, 1.54) is 7.11 Å². The number of hydrogen-bond acceptors (Lipinski definition) is 13. The normalized spacial score (nSPS) is 24.9. The Hall–Kier alpha value is -6.08. The van der Waals surface area contributed by atoms with Crippen LogP contribution in [0.15, 0.2) is 36.7 Å². The van der Waals surface area contributed by atoms with Gasteiger partial charge in [0.1, 0.15) is 47.0 Å². The molecule has 1 atom stereocenters. The van der Waals surface area contributed by atoms with Gasteiger partial charge >= 0.3 is 0 Å². The van der Waals surface area contributed by atoms with E-state index in [-0.39, 0.29) is 70.4 Å². The van der Waals surface area contributed by atoms with Crippen molar-refractivity contribution < 1.29 is 38.2 Å². The van der Waals surface area contributed by atoms with Crippen LogP contribution >= 0.6 is 0 Å². The Morgan fingerprint density at radius 1 is 0.938 bits per heavy atom. The second-order valence-corrected chi connectivity index (χ2v) is 19.2. The third-order valence-corrected chi connectivity index (χ3v) is 14.3. The number of carbonyl (C=O) groups excluding carboxylic acids is 5. The molecule has 1 unspecified atom stereocenters. The topological polar surface area (TPSA) is 196 Å². The van der Waals surface area contributed by atoms with Gasteiger partial charge in [-0.2, -0.15) is 5.26 Å². The number of carbonyl (C=O) groups is 5. The maximum Gasteiger partial charge on any atom is 0.271 e. The minimum absolute atomic E-state index is 0.0419. The first-order valence-electron chi connectivity index (χ1n) is 22.3. The summed E-state index contributed by atoms with van der Waals surface area (Å²) in [6, 6.07) is 8.37. The molecule has 5 amide bonds. The standard InChI is InChI=1S/C48H58N8O8/c1-9-54(29-18-31(19-29)63-32-20-33-40(37(21-32)62-8)44(61)56(43(33)60)36-10-11-39(57)52-42(36)59)25-28-12-14-55(15-13-28)38-24-50-35(23-51-38)41(58)53-45-47(4,5)46(48(45,6)7)64-30-16-26(2)34(22-49)27(3)17-30/h16-17,20-21,23-24,28-29,31,36,45-46H,9-15,18-19,25H2,1-8H3,(H,53,58)(H,52,57,59). The molecule has 2 saturated heterocycles. The summed E-state index contributed by atoms with van der Waals surface area (Å²) >= 11 is 0. The predicted molar refractivity (Wildman–Crippen MR) is 235 cm³/mol. The summed E-state index contributed by atoms with van der Waals surface area (Å²) in [5.41, 5.74) is 2.16. The molecule has 0 bridgehead atoms. The van der Waals surface area contributed by atoms with Gasteiger partial charge in [-0.3, -0.25) is 34.2 Å². The Labute approximate surface area is 374 Å². The number of imide groups is 2. The molecular formula is C48H58N8O8. The molecular weight excluding hydrogens is 817 g/mol. The van der Waals surface area contributed by atoms with Crippen LogP contribution in [0.2, 0.25) is 0 Å². The third kappa shape index (κ3) is 8.03. The van der Waals surface area contributed by atoms with Gasteiger partial charge in [0, 0.05) is 67.9 Å². The number of nitrogens with one attached hydrogen (secondary N) is 2. The fourth-order valence-electron chi connectivity index (χ4n) is 11.0. The van der Waals surface area contributed by atoms with Crippen LogP contribution in [0.25, 0.3) is 0 Å². The van der Waals surface area contributed by atoms with E-state index in [1.807, 2.05) is 26.0 Å². The van der Waals surface area contributed by atoms with E-state index in [4.69, 9.17) is 14.2 Å².